The van der Waals surface area contributed by atoms with Crippen LogP contribution in [0.25, 0.3) is 22.0 Å². The van der Waals surface area contributed by atoms with E-state index in [2.05, 4.69) is 35.1 Å². The van der Waals surface area contributed by atoms with E-state index in [1.807, 2.05) is 18.2 Å². The molecule has 12 nitrogen and oxygen atoms in total. The number of carbonyl (C=O) groups excluding carboxylic acids is 1. The lowest BCUT2D eigenvalue weighted by Crippen LogP contribution is -2.36. The van der Waals surface area contributed by atoms with Crippen molar-refractivity contribution < 1.29 is 22.7 Å². The molecule has 0 bridgehead atoms. The van der Waals surface area contributed by atoms with Gasteiger partial charge in [-0.3, -0.25) is 19.5 Å². The van der Waals surface area contributed by atoms with Crippen molar-refractivity contribution in [2.45, 2.75) is 6.54 Å². The molecule has 38 heavy (non-hydrogen) atoms. The highest BCUT2D eigenvalue weighted by atomic mass is 32.2. The Balaban J connectivity index is 1.44. The second kappa shape index (κ2) is 10.7. The van der Waals surface area contributed by atoms with E-state index >= 15 is 0 Å². The Bertz CT molecular complexity index is 1580. The van der Waals surface area contributed by atoms with Crippen LogP contribution in [0.4, 0.5) is 11.4 Å². The number of fused-ring (bicyclic) bond motifs is 1. The number of methoxy groups -OCH3 is 1. The summed E-state index contributed by atoms with van der Waals surface area (Å²) in [5.41, 5.74) is 3.78. The van der Waals surface area contributed by atoms with Crippen molar-refractivity contribution >= 4 is 38.2 Å². The molecule has 0 atom stereocenters. The summed E-state index contributed by atoms with van der Waals surface area (Å²) >= 11 is 0. The second-order valence-electron chi connectivity index (χ2n) is 8.87. The van der Waals surface area contributed by atoms with Gasteiger partial charge in [0.15, 0.2) is 0 Å². The molecule has 3 aromatic heterocycles. The Morgan fingerprint density at radius 2 is 1.92 bits per heavy atom. The number of amides is 1. The van der Waals surface area contributed by atoms with Gasteiger partial charge in [0.25, 0.3) is 5.91 Å². The topological polar surface area (TPSA) is 151 Å². The summed E-state index contributed by atoms with van der Waals surface area (Å²) in [6.45, 7) is 3.66. The van der Waals surface area contributed by atoms with Gasteiger partial charge < -0.3 is 14.8 Å². The molecule has 3 N–H and O–H groups in total. The molecule has 4 aromatic rings. The number of H-pyrrole nitrogens is 1. The molecule has 0 unspecified atom stereocenters. The molecule has 198 valence electrons. The Morgan fingerprint density at radius 1 is 1.13 bits per heavy atom. The van der Waals surface area contributed by atoms with Crippen LogP contribution >= 0.6 is 0 Å². The maximum Gasteiger partial charge on any atom is 0.274 e. The Morgan fingerprint density at radius 3 is 2.68 bits per heavy atom. The van der Waals surface area contributed by atoms with E-state index in [-0.39, 0.29) is 17.5 Å². The van der Waals surface area contributed by atoms with Gasteiger partial charge in [0, 0.05) is 36.8 Å². The summed E-state index contributed by atoms with van der Waals surface area (Å²) in [6.07, 6.45) is 4.24. The molecule has 13 heteroatoms. The van der Waals surface area contributed by atoms with Gasteiger partial charge in [-0.15, -0.1) is 0 Å². The van der Waals surface area contributed by atoms with Crippen LogP contribution in [0, 0.1) is 0 Å². The molecule has 1 aromatic carbocycles. The van der Waals surface area contributed by atoms with Gasteiger partial charge in [0.1, 0.15) is 11.4 Å². The van der Waals surface area contributed by atoms with E-state index in [9.17, 15) is 13.2 Å². The third kappa shape index (κ3) is 5.90. The normalized spacial score (nSPS) is 14.4. The number of morpholine rings is 1. The average Bonchev–Trinajstić information content (AvgIpc) is 3.38. The number of ether oxygens (including phenoxy) is 2. The number of anilines is 2. The largest absolute Gasteiger partial charge is 0.480 e. The maximum atomic E-state index is 13.2. The molecule has 0 aliphatic carbocycles. The number of carbonyl (C=O) groups is 1. The molecule has 0 spiro atoms. The number of benzene rings is 1. The second-order valence-corrected chi connectivity index (χ2v) is 10.6. The van der Waals surface area contributed by atoms with Crippen LogP contribution in [-0.2, 0) is 21.3 Å². The Labute approximate surface area is 219 Å². The number of rotatable bonds is 8. The highest BCUT2D eigenvalue weighted by Gasteiger charge is 2.17. The number of aromatic nitrogens is 4. The number of nitrogens with one attached hydrogen (secondary N) is 3. The van der Waals surface area contributed by atoms with Gasteiger partial charge >= 0.3 is 0 Å². The predicted molar refractivity (Wildman–Crippen MR) is 143 cm³/mol. The average molecular weight is 538 g/mol. The summed E-state index contributed by atoms with van der Waals surface area (Å²) in [7, 11) is -2.16. The number of aromatic amines is 1. The van der Waals surface area contributed by atoms with E-state index in [4.69, 9.17) is 9.47 Å². The van der Waals surface area contributed by atoms with E-state index < -0.39 is 10.0 Å². The number of hydrogen-bond acceptors (Lipinski definition) is 9. The van der Waals surface area contributed by atoms with Gasteiger partial charge in [0.2, 0.25) is 15.9 Å². The summed E-state index contributed by atoms with van der Waals surface area (Å²) < 4.78 is 36.7. The summed E-state index contributed by atoms with van der Waals surface area (Å²) in [5, 5.41) is 10.7. The first kappa shape index (κ1) is 25.6. The smallest absolute Gasteiger partial charge is 0.274 e. The van der Waals surface area contributed by atoms with Crippen molar-refractivity contribution in [1.29, 1.82) is 0 Å². The Hall–Kier alpha value is -4.07. The fourth-order valence-corrected chi connectivity index (χ4v) is 4.78. The molecule has 1 aliphatic rings. The summed E-state index contributed by atoms with van der Waals surface area (Å²) in [4.78, 5) is 24.3. The lowest BCUT2D eigenvalue weighted by atomic mass is 10.0. The molecule has 5 rings (SSSR count). The quantitative estimate of drug-likeness (QED) is 0.308. The van der Waals surface area contributed by atoms with Crippen molar-refractivity contribution in [2.24, 2.45) is 0 Å². The van der Waals surface area contributed by atoms with Crippen LogP contribution in [0.15, 0.2) is 48.8 Å². The van der Waals surface area contributed by atoms with Gasteiger partial charge in [0.05, 0.1) is 49.7 Å². The first-order valence-corrected chi connectivity index (χ1v) is 13.7. The van der Waals surface area contributed by atoms with E-state index in [1.54, 1.807) is 30.6 Å². The zero-order chi connectivity index (χ0) is 26.7. The number of hydrogen-bond donors (Lipinski definition) is 3. The maximum absolute atomic E-state index is 13.2. The fourth-order valence-electron chi connectivity index (χ4n) is 4.24. The highest BCUT2D eigenvalue weighted by molar-refractivity contribution is 7.92. The third-order valence-corrected chi connectivity index (χ3v) is 6.60. The first-order valence-electron chi connectivity index (χ1n) is 11.9. The third-order valence-electron chi connectivity index (χ3n) is 6.01. The van der Waals surface area contributed by atoms with Crippen molar-refractivity contribution in [1.82, 2.24) is 25.1 Å². The van der Waals surface area contributed by atoms with Crippen LogP contribution in [0.1, 0.15) is 16.2 Å². The molecular formula is C25H27N7O5S. The van der Waals surface area contributed by atoms with Crippen molar-refractivity contribution in [2.75, 3.05) is 49.7 Å². The zero-order valence-corrected chi connectivity index (χ0v) is 21.7. The molecular weight excluding hydrogens is 510 g/mol. The van der Waals surface area contributed by atoms with Crippen LogP contribution in [0.3, 0.4) is 0 Å². The van der Waals surface area contributed by atoms with Crippen LogP contribution in [-0.4, -0.2) is 79.1 Å². The molecule has 0 saturated carbocycles. The SMILES string of the molecule is COc1ncc(-c2cc(NC(=O)c3cccc(CN4CCOCC4)n3)c3cn[nH]c3c2)cc1NS(C)(=O)=O. The van der Waals surface area contributed by atoms with E-state index in [0.717, 1.165) is 25.0 Å². The molecule has 4 heterocycles. The van der Waals surface area contributed by atoms with E-state index in [1.165, 1.54) is 7.11 Å². The van der Waals surface area contributed by atoms with Crippen molar-refractivity contribution in [3.8, 4) is 17.0 Å². The molecule has 1 amide bonds. The Kier molecular flexibility index (Phi) is 7.22. The van der Waals surface area contributed by atoms with Gasteiger partial charge in [-0.2, -0.15) is 5.10 Å². The van der Waals surface area contributed by atoms with Gasteiger partial charge in [-0.1, -0.05) is 6.07 Å². The van der Waals surface area contributed by atoms with Gasteiger partial charge in [-0.25, -0.2) is 18.4 Å². The van der Waals surface area contributed by atoms with Crippen molar-refractivity contribution in [3.63, 3.8) is 0 Å². The minimum Gasteiger partial charge on any atom is -0.480 e. The molecule has 1 fully saturated rings. The standard InChI is InChI=1S/C25H27N7O5S/c1-36-25-23(31-38(2,34)35)12-17(13-26-25)16-10-21(19-14-27-30-22(19)11-16)29-24(33)20-5-3-4-18(28-20)15-32-6-8-37-9-7-32/h3-5,10-14,31H,6-9,15H2,1-2H3,(H,27,30)(H,29,33). The number of pyridine rings is 2. The lowest BCUT2D eigenvalue weighted by Gasteiger charge is -2.26. The van der Waals surface area contributed by atoms with Gasteiger partial charge in [-0.05, 0) is 35.9 Å². The summed E-state index contributed by atoms with van der Waals surface area (Å²) in [6, 6.07) is 10.6. The zero-order valence-electron chi connectivity index (χ0n) is 20.9. The minimum atomic E-state index is -3.56. The van der Waals surface area contributed by atoms with Crippen LogP contribution in [0.5, 0.6) is 5.88 Å². The number of sulfonamides is 1. The predicted octanol–water partition coefficient (Wildman–Crippen LogP) is 2.48. The summed E-state index contributed by atoms with van der Waals surface area (Å²) in [5.74, 6) is -0.223. The highest BCUT2D eigenvalue weighted by Crippen LogP contribution is 2.33. The van der Waals surface area contributed by atoms with Crippen molar-refractivity contribution in [3.05, 3.63) is 60.2 Å². The van der Waals surface area contributed by atoms with Crippen LogP contribution in [0.2, 0.25) is 0 Å². The monoisotopic (exact) mass is 537 g/mol. The molecule has 1 saturated heterocycles. The molecule has 1 aliphatic heterocycles. The first-order chi connectivity index (χ1) is 18.3. The fraction of sp³-hybridized carbons (Fsp3) is 0.280. The van der Waals surface area contributed by atoms with Crippen LogP contribution < -0.4 is 14.8 Å². The van der Waals surface area contributed by atoms with E-state index in [0.29, 0.717) is 53.2 Å². The minimum absolute atomic E-state index is 0.137. The lowest BCUT2D eigenvalue weighted by molar-refractivity contribution is 0.0336. The number of nitrogens with zero attached hydrogens (tertiary/aromatic N) is 4. The molecule has 0 radical (unpaired) electrons.